The second kappa shape index (κ2) is 7.86. The van der Waals surface area contributed by atoms with Gasteiger partial charge in [0.1, 0.15) is 11.4 Å². The van der Waals surface area contributed by atoms with Crippen LogP contribution in [0.25, 0.3) is 10.9 Å². The number of aromatic carboxylic acids is 1. The van der Waals surface area contributed by atoms with Gasteiger partial charge < -0.3 is 20.9 Å². The maximum atomic E-state index is 14.6. The zero-order valence-corrected chi connectivity index (χ0v) is 16.8. The van der Waals surface area contributed by atoms with E-state index >= 15 is 0 Å². The van der Waals surface area contributed by atoms with E-state index in [1.165, 1.54) is 12.3 Å². The van der Waals surface area contributed by atoms with E-state index in [2.05, 4.69) is 4.90 Å². The molecule has 0 radical (unpaired) electrons. The normalized spacial score (nSPS) is 15.2. The van der Waals surface area contributed by atoms with Gasteiger partial charge in [0.05, 0.1) is 11.2 Å². The van der Waals surface area contributed by atoms with E-state index in [9.17, 15) is 19.1 Å². The Morgan fingerprint density at radius 3 is 2.48 bits per heavy atom. The fraction of sp³-hybridized carbons (Fsp3) is 0.412. The van der Waals surface area contributed by atoms with Crippen LogP contribution in [0.3, 0.4) is 0 Å². The number of benzene rings is 1. The van der Waals surface area contributed by atoms with Crippen molar-refractivity contribution in [2.75, 3.05) is 38.1 Å². The molecule has 1 saturated heterocycles. The van der Waals surface area contributed by atoms with Crippen molar-refractivity contribution >= 4 is 22.6 Å². The standard InChI is InChI=1S/C17H20FN3O3.Na.H/c1-3-20-10-12(17(23)24)16(22)11-8-13(18)15(9-14(11)20)21-6-4-19(2)5-7-21;;/h8-10H,3-7H2,1-2H3,(H,23,24);;/q;+1;-1. The first-order valence-corrected chi connectivity index (χ1v) is 7.96. The summed E-state index contributed by atoms with van der Waals surface area (Å²) in [4.78, 5) is 27.7. The number of pyridine rings is 1. The van der Waals surface area contributed by atoms with Crippen LogP contribution in [-0.2, 0) is 6.54 Å². The summed E-state index contributed by atoms with van der Waals surface area (Å²) in [5.41, 5.74) is 0.0326. The maximum Gasteiger partial charge on any atom is 1.00 e. The molecule has 0 atom stereocenters. The number of nitrogens with zero attached hydrogens (tertiary/aromatic N) is 3. The Morgan fingerprint density at radius 1 is 1.28 bits per heavy atom. The number of likely N-dealkylation sites (N-methyl/N-ethyl adjacent to an activating group) is 1. The van der Waals surface area contributed by atoms with Gasteiger partial charge in [0.25, 0.3) is 0 Å². The van der Waals surface area contributed by atoms with Crippen LogP contribution in [0.2, 0.25) is 0 Å². The average molecular weight is 357 g/mol. The first-order chi connectivity index (χ1) is 11.4. The van der Waals surface area contributed by atoms with Crippen LogP contribution in [0.5, 0.6) is 0 Å². The molecule has 0 spiro atoms. The van der Waals surface area contributed by atoms with Crippen molar-refractivity contribution in [3.8, 4) is 0 Å². The summed E-state index contributed by atoms with van der Waals surface area (Å²) in [7, 11) is 2.02. The number of halogens is 1. The molecule has 1 fully saturated rings. The summed E-state index contributed by atoms with van der Waals surface area (Å²) in [5, 5.41) is 9.28. The number of aromatic nitrogens is 1. The second-order valence-corrected chi connectivity index (χ2v) is 6.07. The van der Waals surface area contributed by atoms with Crippen molar-refractivity contribution < 1.29 is 45.3 Å². The van der Waals surface area contributed by atoms with Crippen LogP contribution in [-0.4, -0.2) is 53.8 Å². The largest absolute Gasteiger partial charge is 1.00 e. The monoisotopic (exact) mass is 357 g/mol. The van der Waals surface area contributed by atoms with Crippen molar-refractivity contribution in [2.24, 2.45) is 0 Å². The number of anilines is 1. The van der Waals surface area contributed by atoms with Gasteiger partial charge in [-0.1, -0.05) is 0 Å². The molecule has 8 heteroatoms. The van der Waals surface area contributed by atoms with E-state index in [0.29, 0.717) is 30.8 Å². The number of carbonyl (C=O) groups is 1. The van der Waals surface area contributed by atoms with Crippen LogP contribution < -0.4 is 39.9 Å². The number of rotatable bonds is 3. The topological polar surface area (TPSA) is 65.8 Å². The number of hydrogen-bond acceptors (Lipinski definition) is 4. The SMILES string of the molecule is CCn1cc(C(=O)O)c(=O)c2cc(F)c(N3CCN(C)CC3)cc21.[H-].[Na+]. The third-order valence-corrected chi connectivity index (χ3v) is 4.56. The predicted octanol–water partition coefficient (Wildman–Crippen LogP) is -1.27. The zero-order chi connectivity index (χ0) is 17.4. The fourth-order valence-corrected chi connectivity index (χ4v) is 3.10. The van der Waals surface area contributed by atoms with Gasteiger partial charge in [0.2, 0.25) is 5.43 Å². The van der Waals surface area contributed by atoms with E-state index in [4.69, 9.17) is 0 Å². The molecular weight excluding hydrogens is 336 g/mol. The minimum absolute atomic E-state index is 0. The molecule has 2 heterocycles. The molecule has 25 heavy (non-hydrogen) atoms. The van der Waals surface area contributed by atoms with Crippen molar-refractivity contribution in [3.63, 3.8) is 0 Å². The van der Waals surface area contributed by atoms with Gasteiger partial charge in [-0.2, -0.15) is 0 Å². The zero-order valence-electron chi connectivity index (χ0n) is 15.8. The Morgan fingerprint density at radius 2 is 1.92 bits per heavy atom. The number of hydrogen-bond donors (Lipinski definition) is 1. The van der Waals surface area contributed by atoms with Crippen molar-refractivity contribution in [3.05, 3.63) is 39.9 Å². The smallest absolute Gasteiger partial charge is 1.00 e. The van der Waals surface area contributed by atoms with Gasteiger partial charge in [-0.05, 0) is 26.1 Å². The second-order valence-electron chi connectivity index (χ2n) is 6.07. The van der Waals surface area contributed by atoms with Gasteiger partial charge in [0.15, 0.2) is 0 Å². The van der Waals surface area contributed by atoms with Gasteiger partial charge in [-0.3, -0.25) is 4.79 Å². The van der Waals surface area contributed by atoms with Gasteiger partial charge in [0, 0.05) is 44.3 Å². The molecule has 3 rings (SSSR count). The molecule has 0 unspecified atom stereocenters. The van der Waals surface area contributed by atoms with Crippen molar-refractivity contribution in [2.45, 2.75) is 13.5 Å². The summed E-state index contributed by atoms with van der Waals surface area (Å²) in [5.74, 6) is -1.79. The number of carboxylic acids is 1. The van der Waals surface area contributed by atoms with E-state index in [-0.39, 0.29) is 41.9 Å². The number of piperazine rings is 1. The van der Waals surface area contributed by atoms with Gasteiger partial charge in [-0.15, -0.1) is 0 Å². The average Bonchev–Trinajstić information content (AvgIpc) is 2.56. The summed E-state index contributed by atoms with van der Waals surface area (Å²) in [6.45, 7) is 5.45. The number of fused-ring (bicyclic) bond motifs is 1. The molecular formula is C17H21FN3NaO3. The molecule has 1 N–H and O–H groups in total. The molecule has 6 nitrogen and oxygen atoms in total. The maximum absolute atomic E-state index is 14.6. The minimum Gasteiger partial charge on any atom is -1.00 e. The molecule has 0 aliphatic carbocycles. The molecule has 1 aliphatic heterocycles. The van der Waals surface area contributed by atoms with Crippen LogP contribution in [0.4, 0.5) is 10.1 Å². The van der Waals surface area contributed by atoms with Crippen LogP contribution in [0, 0.1) is 5.82 Å². The Balaban J connectivity index is 0.00000169. The molecule has 0 amide bonds. The summed E-state index contributed by atoms with van der Waals surface area (Å²) < 4.78 is 16.3. The summed E-state index contributed by atoms with van der Waals surface area (Å²) in [6, 6.07) is 2.83. The first kappa shape index (κ1) is 19.9. The van der Waals surface area contributed by atoms with E-state index in [0.717, 1.165) is 13.1 Å². The third kappa shape index (κ3) is 3.74. The van der Waals surface area contributed by atoms with Crippen LogP contribution in [0.15, 0.2) is 23.1 Å². The van der Waals surface area contributed by atoms with Gasteiger partial charge >= 0.3 is 35.5 Å². The molecule has 130 valence electrons. The molecule has 0 saturated carbocycles. The van der Waals surface area contributed by atoms with Crippen LogP contribution >= 0.6 is 0 Å². The van der Waals surface area contributed by atoms with Crippen LogP contribution in [0.1, 0.15) is 18.7 Å². The molecule has 1 aromatic carbocycles. The summed E-state index contributed by atoms with van der Waals surface area (Å²) >= 11 is 0. The Bertz CT molecular complexity index is 866. The third-order valence-electron chi connectivity index (χ3n) is 4.56. The first-order valence-electron chi connectivity index (χ1n) is 7.96. The number of aryl methyl sites for hydroxylation is 1. The number of carboxylic acid groups (broad SMARTS) is 1. The molecule has 1 aliphatic rings. The molecule has 1 aromatic heterocycles. The quantitative estimate of drug-likeness (QED) is 0.694. The molecule has 0 bridgehead atoms. The Labute approximate surface area is 168 Å². The predicted molar refractivity (Wildman–Crippen MR) is 91.6 cm³/mol. The van der Waals surface area contributed by atoms with Crippen molar-refractivity contribution in [1.29, 1.82) is 0 Å². The minimum atomic E-state index is -1.30. The van der Waals surface area contributed by atoms with E-state index in [1.54, 1.807) is 10.6 Å². The summed E-state index contributed by atoms with van der Waals surface area (Å²) in [6.07, 6.45) is 1.33. The van der Waals surface area contributed by atoms with Crippen molar-refractivity contribution in [1.82, 2.24) is 9.47 Å². The Kier molecular flexibility index (Phi) is 6.26. The van der Waals surface area contributed by atoms with Gasteiger partial charge in [-0.25, -0.2) is 9.18 Å². The van der Waals surface area contributed by atoms with E-state index in [1.807, 2.05) is 18.9 Å². The van der Waals surface area contributed by atoms with E-state index < -0.39 is 17.2 Å². The fourth-order valence-electron chi connectivity index (χ4n) is 3.10. The molecule has 2 aromatic rings. The Hall–Kier alpha value is -1.41.